The van der Waals surface area contributed by atoms with Crippen molar-refractivity contribution in [3.63, 3.8) is 0 Å². The van der Waals surface area contributed by atoms with E-state index >= 15 is 0 Å². The minimum atomic E-state index is -0.270. The van der Waals surface area contributed by atoms with Gasteiger partial charge in [0, 0.05) is 37.9 Å². The van der Waals surface area contributed by atoms with E-state index in [-0.39, 0.29) is 23.6 Å². The van der Waals surface area contributed by atoms with Crippen LogP contribution in [0.2, 0.25) is 0 Å². The molecular formula is C19H28N2O3. The number of ether oxygens (including phenoxy) is 2. The molecule has 2 aliphatic heterocycles. The van der Waals surface area contributed by atoms with Crippen LogP contribution in [0.4, 0.5) is 0 Å². The van der Waals surface area contributed by atoms with E-state index in [0.717, 1.165) is 38.9 Å². The molecule has 2 aliphatic rings. The van der Waals surface area contributed by atoms with Crippen molar-refractivity contribution in [3.05, 3.63) is 35.9 Å². The monoisotopic (exact) mass is 332 g/mol. The molecule has 0 radical (unpaired) electrons. The summed E-state index contributed by atoms with van der Waals surface area (Å²) in [6.07, 6.45) is 3.33. The molecule has 5 heteroatoms. The van der Waals surface area contributed by atoms with Crippen molar-refractivity contribution in [1.29, 1.82) is 0 Å². The van der Waals surface area contributed by atoms with E-state index in [0.29, 0.717) is 13.2 Å². The van der Waals surface area contributed by atoms with E-state index < -0.39 is 0 Å². The van der Waals surface area contributed by atoms with Crippen molar-refractivity contribution in [2.24, 2.45) is 0 Å². The molecule has 24 heavy (non-hydrogen) atoms. The molecule has 1 aromatic rings. The Kier molecular flexibility index (Phi) is 5.87. The molecule has 0 saturated carbocycles. The van der Waals surface area contributed by atoms with E-state index in [2.05, 4.69) is 41.8 Å². The molecule has 132 valence electrons. The van der Waals surface area contributed by atoms with Gasteiger partial charge in [0.25, 0.3) is 0 Å². The van der Waals surface area contributed by atoms with Gasteiger partial charge in [-0.1, -0.05) is 30.3 Å². The van der Waals surface area contributed by atoms with Gasteiger partial charge in [-0.3, -0.25) is 4.79 Å². The molecule has 2 saturated heterocycles. The van der Waals surface area contributed by atoms with Gasteiger partial charge < -0.3 is 20.1 Å². The normalized spacial score (nSPS) is 24.5. The average molecular weight is 332 g/mol. The van der Waals surface area contributed by atoms with Crippen molar-refractivity contribution < 1.29 is 14.3 Å². The molecule has 1 aromatic carbocycles. The van der Waals surface area contributed by atoms with Crippen molar-refractivity contribution in [2.75, 3.05) is 26.4 Å². The predicted octanol–water partition coefficient (Wildman–Crippen LogP) is 2.18. The lowest BCUT2D eigenvalue weighted by Gasteiger charge is -2.40. The maximum absolute atomic E-state index is 12.3. The standard InChI is InChI=1S/C19H28N2O3/c1-15(16-6-3-2-4-7-16)21-19(9-12-23-13-10-19)14-20-18(22)17-8-5-11-24-17/h2-4,6-7,15,17,21H,5,8-14H2,1H3,(H,20,22)/t15-,17-/m0/s1. The first-order chi connectivity index (χ1) is 11.7. The Hall–Kier alpha value is -1.43. The summed E-state index contributed by atoms with van der Waals surface area (Å²) in [5.41, 5.74) is 1.13. The van der Waals surface area contributed by atoms with Crippen LogP contribution >= 0.6 is 0 Å². The van der Waals surface area contributed by atoms with Crippen LogP contribution in [-0.2, 0) is 14.3 Å². The van der Waals surface area contributed by atoms with Crippen molar-refractivity contribution in [2.45, 2.75) is 50.3 Å². The highest BCUT2D eigenvalue weighted by atomic mass is 16.5. The van der Waals surface area contributed by atoms with Crippen LogP contribution in [0.15, 0.2) is 30.3 Å². The first-order valence-corrected chi connectivity index (χ1v) is 8.98. The lowest BCUT2D eigenvalue weighted by Crippen LogP contribution is -2.57. The molecule has 2 heterocycles. The van der Waals surface area contributed by atoms with Gasteiger partial charge in [0.15, 0.2) is 0 Å². The summed E-state index contributed by atoms with van der Waals surface area (Å²) in [6.45, 7) is 4.94. The molecule has 0 aliphatic carbocycles. The van der Waals surface area contributed by atoms with Crippen LogP contribution in [0.1, 0.15) is 44.2 Å². The predicted molar refractivity (Wildman–Crippen MR) is 92.8 cm³/mol. The SMILES string of the molecule is C[C@H](NC1(CNC(=O)[C@@H]2CCCO2)CCOCC1)c1ccccc1. The molecule has 0 bridgehead atoms. The number of rotatable bonds is 6. The second-order valence-electron chi connectivity index (χ2n) is 6.89. The third-order valence-electron chi connectivity index (χ3n) is 5.10. The number of hydrogen-bond donors (Lipinski definition) is 2. The summed E-state index contributed by atoms with van der Waals surface area (Å²) >= 11 is 0. The van der Waals surface area contributed by atoms with E-state index in [9.17, 15) is 4.79 Å². The third kappa shape index (κ3) is 4.35. The van der Waals surface area contributed by atoms with Gasteiger partial charge in [-0.15, -0.1) is 0 Å². The zero-order chi connectivity index (χ0) is 16.8. The van der Waals surface area contributed by atoms with E-state index in [4.69, 9.17) is 9.47 Å². The van der Waals surface area contributed by atoms with Gasteiger partial charge in [-0.25, -0.2) is 0 Å². The number of hydrogen-bond acceptors (Lipinski definition) is 4. The first kappa shape index (κ1) is 17.4. The second-order valence-corrected chi connectivity index (χ2v) is 6.89. The third-order valence-corrected chi connectivity index (χ3v) is 5.10. The Morgan fingerprint density at radius 3 is 2.67 bits per heavy atom. The van der Waals surface area contributed by atoms with Gasteiger partial charge in [-0.2, -0.15) is 0 Å². The molecule has 2 fully saturated rings. The molecule has 1 amide bonds. The zero-order valence-corrected chi connectivity index (χ0v) is 14.4. The molecule has 3 rings (SSSR count). The van der Waals surface area contributed by atoms with Crippen LogP contribution in [0.5, 0.6) is 0 Å². The Bertz CT molecular complexity index is 523. The molecule has 2 atom stereocenters. The highest BCUT2D eigenvalue weighted by Gasteiger charge is 2.35. The second kappa shape index (κ2) is 8.10. The van der Waals surface area contributed by atoms with Crippen LogP contribution in [-0.4, -0.2) is 43.9 Å². The maximum atomic E-state index is 12.3. The first-order valence-electron chi connectivity index (χ1n) is 8.98. The molecular weight excluding hydrogens is 304 g/mol. The number of carbonyl (C=O) groups is 1. The summed E-state index contributed by atoms with van der Waals surface area (Å²) in [7, 11) is 0. The smallest absolute Gasteiger partial charge is 0.249 e. The van der Waals surface area contributed by atoms with E-state index in [1.54, 1.807) is 0 Å². The van der Waals surface area contributed by atoms with Crippen LogP contribution in [0.3, 0.4) is 0 Å². The van der Waals surface area contributed by atoms with Crippen molar-refractivity contribution in [1.82, 2.24) is 10.6 Å². The molecule has 0 spiro atoms. The Morgan fingerprint density at radius 2 is 2.00 bits per heavy atom. The molecule has 5 nitrogen and oxygen atoms in total. The fourth-order valence-electron chi connectivity index (χ4n) is 3.57. The average Bonchev–Trinajstić information content (AvgIpc) is 3.16. The maximum Gasteiger partial charge on any atom is 0.249 e. The topological polar surface area (TPSA) is 59.6 Å². The quantitative estimate of drug-likeness (QED) is 0.838. The number of amides is 1. The minimum Gasteiger partial charge on any atom is -0.381 e. The van der Waals surface area contributed by atoms with E-state index in [1.165, 1.54) is 5.56 Å². The van der Waals surface area contributed by atoms with Crippen molar-refractivity contribution in [3.8, 4) is 0 Å². The Morgan fingerprint density at radius 1 is 1.25 bits per heavy atom. The number of nitrogens with one attached hydrogen (secondary N) is 2. The fourth-order valence-corrected chi connectivity index (χ4v) is 3.57. The summed E-state index contributed by atoms with van der Waals surface area (Å²) in [5, 5.41) is 6.87. The van der Waals surface area contributed by atoms with Gasteiger partial charge in [-0.05, 0) is 38.2 Å². The highest BCUT2D eigenvalue weighted by Crippen LogP contribution is 2.25. The fraction of sp³-hybridized carbons (Fsp3) is 0.632. The van der Waals surface area contributed by atoms with Crippen LogP contribution in [0, 0.1) is 0 Å². The zero-order valence-electron chi connectivity index (χ0n) is 14.4. The van der Waals surface area contributed by atoms with Crippen LogP contribution in [0.25, 0.3) is 0 Å². The van der Waals surface area contributed by atoms with Gasteiger partial charge in [0.1, 0.15) is 6.10 Å². The number of carbonyl (C=O) groups excluding carboxylic acids is 1. The Balaban J connectivity index is 1.62. The highest BCUT2D eigenvalue weighted by molar-refractivity contribution is 5.81. The van der Waals surface area contributed by atoms with E-state index in [1.807, 2.05) is 6.07 Å². The molecule has 0 aromatic heterocycles. The summed E-state index contributed by atoms with van der Waals surface area (Å²) < 4.78 is 11.0. The lowest BCUT2D eigenvalue weighted by molar-refractivity contribution is -0.130. The molecule has 2 N–H and O–H groups in total. The largest absolute Gasteiger partial charge is 0.381 e. The van der Waals surface area contributed by atoms with Crippen LogP contribution < -0.4 is 10.6 Å². The Labute approximate surface area is 144 Å². The summed E-state index contributed by atoms with van der Waals surface area (Å²) in [6, 6.07) is 10.6. The minimum absolute atomic E-state index is 0.0209. The summed E-state index contributed by atoms with van der Waals surface area (Å²) in [4.78, 5) is 12.3. The van der Waals surface area contributed by atoms with Gasteiger partial charge in [0.2, 0.25) is 5.91 Å². The van der Waals surface area contributed by atoms with Gasteiger partial charge in [0.05, 0.1) is 0 Å². The number of benzene rings is 1. The molecule has 0 unspecified atom stereocenters. The van der Waals surface area contributed by atoms with Gasteiger partial charge >= 0.3 is 0 Å². The summed E-state index contributed by atoms with van der Waals surface area (Å²) in [5.74, 6) is 0.0209. The van der Waals surface area contributed by atoms with Crippen molar-refractivity contribution >= 4 is 5.91 Å². The lowest BCUT2D eigenvalue weighted by atomic mass is 9.88.